The third-order valence-electron chi connectivity index (χ3n) is 7.50. The molecule has 4 rings (SSSR count). The van der Waals surface area contributed by atoms with Gasteiger partial charge >= 0.3 is 0 Å². The molecule has 0 radical (unpaired) electrons. The van der Waals surface area contributed by atoms with Crippen molar-refractivity contribution in [3.05, 3.63) is 80.2 Å². The molecule has 4 aromatic rings. The van der Waals surface area contributed by atoms with Gasteiger partial charge in [-0.05, 0) is 77.1 Å². The Bertz CT molecular complexity index is 1860. The Labute approximate surface area is 258 Å². The summed E-state index contributed by atoms with van der Waals surface area (Å²) in [6.45, 7) is 16.5. The van der Waals surface area contributed by atoms with Crippen molar-refractivity contribution in [1.82, 2.24) is 14.5 Å². The molecule has 10 nitrogen and oxygen atoms in total. The maximum Gasteiger partial charge on any atom is 0.251 e. The first kappa shape index (κ1) is 31.4. The second-order valence-corrected chi connectivity index (χ2v) is 11.1. The molecule has 0 fully saturated rings. The van der Waals surface area contributed by atoms with Crippen LogP contribution in [0.15, 0.2) is 34.5 Å². The van der Waals surface area contributed by atoms with Gasteiger partial charge in [0.2, 0.25) is 0 Å². The molecular formula is C34H36N10. The fraction of sp³-hybridized carbons (Fsp3) is 0.324. The van der Waals surface area contributed by atoms with Gasteiger partial charge in [-0.2, -0.15) is 20.8 Å². The summed E-state index contributed by atoms with van der Waals surface area (Å²) >= 11 is 0. The normalized spacial score (nSPS) is 10.8. The lowest BCUT2D eigenvalue weighted by Gasteiger charge is -2.19. The number of benzene rings is 2. The Morgan fingerprint density at radius 3 is 1.75 bits per heavy atom. The lowest BCUT2D eigenvalue weighted by atomic mass is 10.0. The molecule has 0 aliphatic rings. The van der Waals surface area contributed by atoms with Crippen LogP contribution in [0, 0.1) is 82.5 Å². The number of nitriles is 3. The van der Waals surface area contributed by atoms with Crippen LogP contribution in [0.5, 0.6) is 0 Å². The molecule has 0 saturated heterocycles. The van der Waals surface area contributed by atoms with Crippen LogP contribution in [-0.2, 0) is 6.54 Å². The molecule has 0 aliphatic heterocycles. The fourth-order valence-corrected chi connectivity index (χ4v) is 5.45. The molecule has 44 heavy (non-hydrogen) atoms. The van der Waals surface area contributed by atoms with E-state index in [0.29, 0.717) is 35.0 Å². The minimum atomic E-state index is -0.00208. The van der Waals surface area contributed by atoms with Crippen molar-refractivity contribution in [3.63, 3.8) is 0 Å². The molecule has 0 atom stereocenters. The molecule has 222 valence electrons. The van der Waals surface area contributed by atoms with Crippen molar-refractivity contribution >= 4 is 34.6 Å². The predicted octanol–water partition coefficient (Wildman–Crippen LogP) is 8.75. The number of nitrogens with one attached hydrogen (secondary N) is 2. The van der Waals surface area contributed by atoms with E-state index in [4.69, 9.17) is 4.98 Å². The smallest absolute Gasteiger partial charge is 0.251 e. The highest BCUT2D eigenvalue weighted by atomic mass is 15.3. The summed E-state index contributed by atoms with van der Waals surface area (Å²) in [6.07, 6.45) is 1.66. The highest BCUT2D eigenvalue weighted by Crippen LogP contribution is 2.39. The zero-order valence-corrected chi connectivity index (χ0v) is 26.5. The van der Waals surface area contributed by atoms with E-state index in [1.807, 2.05) is 54.5 Å². The van der Waals surface area contributed by atoms with Crippen molar-refractivity contribution in [2.45, 2.75) is 74.8 Å². The van der Waals surface area contributed by atoms with Crippen LogP contribution in [0.2, 0.25) is 0 Å². The number of nitrogens with zero attached hydrogens (tertiary/aromatic N) is 8. The van der Waals surface area contributed by atoms with E-state index in [-0.39, 0.29) is 17.3 Å². The SMILES string of the molecule is CCCCn1c(N=Nc2c(Nc3c(C)cc(C)cc3C)nc(Nc3c(C)cc(C)cc3C)c(C#N)c2C)nc(C#N)c1C#N. The molecule has 10 heteroatoms. The number of hydrogen-bond donors (Lipinski definition) is 2. The lowest BCUT2D eigenvalue weighted by molar-refractivity contribution is 0.627. The number of rotatable bonds is 9. The first-order valence-corrected chi connectivity index (χ1v) is 14.5. The van der Waals surface area contributed by atoms with Gasteiger partial charge in [-0.1, -0.05) is 48.7 Å². The number of aryl methyl sites for hydroxylation is 6. The average molecular weight is 585 g/mol. The second kappa shape index (κ2) is 13.2. The van der Waals surface area contributed by atoms with Gasteiger partial charge in [-0.3, -0.25) is 4.57 Å². The van der Waals surface area contributed by atoms with Crippen molar-refractivity contribution in [2.75, 3.05) is 10.6 Å². The molecule has 0 saturated carbocycles. The van der Waals surface area contributed by atoms with Gasteiger partial charge in [-0.25, -0.2) is 4.98 Å². The molecule has 0 unspecified atom stereocenters. The Balaban J connectivity index is 1.94. The van der Waals surface area contributed by atoms with E-state index < -0.39 is 0 Å². The van der Waals surface area contributed by atoms with Crippen LogP contribution >= 0.6 is 0 Å². The Hall–Kier alpha value is -5.53. The summed E-state index contributed by atoms with van der Waals surface area (Å²) in [5, 5.41) is 45.5. The van der Waals surface area contributed by atoms with Gasteiger partial charge < -0.3 is 10.6 Å². The molecule has 0 bridgehead atoms. The average Bonchev–Trinajstić information content (AvgIpc) is 3.31. The minimum Gasteiger partial charge on any atom is -0.339 e. The summed E-state index contributed by atoms with van der Waals surface area (Å²) in [5.41, 5.74) is 9.57. The Morgan fingerprint density at radius 2 is 1.27 bits per heavy atom. The number of imidazole rings is 1. The number of pyridine rings is 1. The van der Waals surface area contributed by atoms with Crippen molar-refractivity contribution in [2.24, 2.45) is 10.2 Å². The largest absolute Gasteiger partial charge is 0.339 e. The number of anilines is 4. The number of azo groups is 1. The van der Waals surface area contributed by atoms with Gasteiger partial charge in [0.15, 0.2) is 23.0 Å². The molecule has 0 amide bonds. The van der Waals surface area contributed by atoms with Crippen LogP contribution in [0.25, 0.3) is 0 Å². The van der Waals surface area contributed by atoms with Crippen molar-refractivity contribution < 1.29 is 0 Å². The molecule has 2 heterocycles. The predicted molar refractivity (Wildman–Crippen MR) is 172 cm³/mol. The maximum absolute atomic E-state index is 10.3. The highest BCUT2D eigenvalue weighted by molar-refractivity contribution is 5.81. The van der Waals surface area contributed by atoms with Gasteiger partial charge in [0.05, 0.1) is 5.56 Å². The van der Waals surface area contributed by atoms with E-state index in [1.54, 1.807) is 11.5 Å². The van der Waals surface area contributed by atoms with Crippen molar-refractivity contribution in [3.8, 4) is 18.2 Å². The summed E-state index contributed by atoms with van der Waals surface area (Å²) in [7, 11) is 0. The van der Waals surface area contributed by atoms with Gasteiger partial charge in [0.25, 0.3) is 5.95 Å². The van der Waals surface area contributed by atoms with Crippen LogP contribution in [0.1, 0.15) is 75.7 Å². The molecule has 0 aliphatic carbocycles. The fourth-order valence-electron chi connectivity index (χ4n) is 5.45. The van der Waals surface area contributed by atoms with Crippen LogP contribution in [-0.4, -0.2) is 14.5 Å². The van der Waals surface area contributed by atoms with E-state index >= 15 is 0 Å². The Kier molecular flexibility index (Phi) is 9.41. The van der Waals surface area contributed by atoms with Gasteiger partial charge in [0.1, 0.15) is 23.9 Å². The molecule has 2 aromatic heterocycles. The highest BCUT2D eigenvalue weighted by Gasteiger charge is 2.22. The number of unbranched alkanes of at least 4 members (excludes halogenated alkanes) is 1. The summed E-state index contributed by atoms with van der Waals surface area (Å²) in [4.78, 5) is 9.21. The zero-order chi connectivity index (χ0) is 32.1. The standard InChI is InChI=1S/C34H36N10/c1-9-10-11-44-28(18-37)27(17-36)38-34(44)43-42-31-25(8)26(16-35)32(39-29-21(4)12-19(2)13-22(29)5)41-33(31)40-30-23(6)14-20(3)15-24(30)7/h12-15H,9-11H2,1-8H3,(H2,39,40,41). The molecule has 2 N–H and O–H groups in total. The molecule has 2 aromatic carbocycles. The molecular weight excluding hydrogens is 548 g/mol. The van der Waals surface area contributed by atoms with E-state index in [9.17, 15) is 15.8 Å². The van der Waals surface area contributed by atoms with Gasteiger partial charge in [0, 0.05) is 23.5 Å². The van der Waals surface area contributed by atoms with E-state index in [1.165, 1.54) is 0 Å². The van der Waals surface area contributed by atoms with Crippen molar-refractivity contribution in [1.29, 1.82) is 15.8 Å². The van der Waals surface area contributed by atoms with Crippen LogP contribution in [0.4, 0.5) is 34.6 Å². The number of hydrogen-bond acceptors (Lipinski definition) is 9. The second-order valence-electron chi connectivity index (χ2n) is 11.1. The number of aromatic nitrogens is 3. The monoisotopic (exact) mass is 584 g/mol. The van der Waals surface area contributed by atoms with Crippen LogP contribution in [0.3, 0.4) is 0 Å². The summed E-state index contributed by atoms with van der Waals surface area (Å²) in [5.74, 6) is 0.941. The third-order valence-corrected chi connectivity index (χ3v) is 7.50. The van der Waals surface area contributed by atoms with E-state index in [0.717, 1.165) is 57.6 Å². The lowest BCUT2D eigenvalue weighted by Crippen LogP contribution is -2.07. The molecule has 0 spiro atoms. The Morgan fingerprint density at radius 1 is 0.727 bits per heavy atom. The minimum absolute atomic E-state index is 0.00208. The zero-order valence-electron chi connectivity index (χ0n) is 26.5. The van der Waals surface area contributed by atoms with E-state index in [2.05, 4.69) is 62.2 Å². The topological polar surface area (TPSA) is 151 Å². The third kappa shape index (κ3) is 6.28. The van der Waals surface area contributed by atoms with Gasteiger partial charge in [-0.15, -0.1) is 10.2 Å². The van der Waals surface area contributed by atoms with Crippen LogP contribution < -0.4 is 10.6 Å². The first-order chi connectivity index (χ1) is 21.0. The maximum atomic E-state index is 10.3. The quantitative estimate of drug-likeness (QED) is 0.187. The summed E-state index contributed by atoms with van der Waals surface area (Å²) in [6, 6.07) is 14.7. The first-order valence-electron chi connectivity index (χ1n) is 14.5. The summed E-state index contributed by atoms with van der Waals surface area (Å²) < 4.78 is 1.61.